The summed E-state index contributed by atoms with van der Waals surface area (Å²) in [6.45, 7) is 2.46. The van der Waals surface area contributed by atoms with Crippen molar-refractivity contribution < 1.29 is 32.5 Å². The van der Waals surface area contributed by atoms with Crippen molar-refractivity contribution in [2.24, 2.45) is 0 Å². The maximum absolute atomic E-state index is 12.8. The molecule has 176 valence electrons. The van der Waals surface area contributed by atoms with Gasteiger partial charge in [0.1, 0.15) is 5.75 Å². The van der Waals surface area contributed by atoms with E-state index < -0.39 is 17.7 Å². The molecule has 11 heteroatoms. The molecule has 2 heterocycles. The standard InChI is InChI=1S/C22H21ClF3N3O4/c1-2-32-21-14(13-29(28-21)19-8-5-16(12-27-19)22(24,25)26)4-3-9-33-18-7-6-17(23)10-15(18)11-20(30)31/h5-8,10,12-13H,2-4,9,11H2,1H3,(H,30,31). The Kier molecular flexibility index (Phi) is 7.80. The number of aryl methyl sites for hydroxylation is 1. The van der Waals surface area contributed by atoms with Crippen molar-refractivity contribution in [1.82, 2.24) is 14.8 Å². The van der Waals surface area contributed by atoms with Gasteiger partial charge in [0, 0.05) is 28.5 Å². The fourth-order valence-electron chi connectivity index (χ4n) is 3.06. The molecule has 0 aliphatic rings. The number of hydrogen-bond donors (Lipinski definition) is 1. The van der Waals surface area contributed by atoms with E-state index in [1.54, 1.807) is 31.3 Å². The minimum absolute atomic E-state index is 0.211. The number of pyridine rings is 1. The third kappa shape index (κ3) is 6.61. The minimum Gasteiger partial charge on any atom is -0.493 e. The van der Waals surface area contributed by atoms with Crippen LogP contribution < -0.4 is 9.47 Å². The van der Waals surface area contributed by atoms with Crippen molar-refractivity contribution in [3.05, 3.63) is 64.4 Å². The number of rotatable bonds is 10. The van der Waals surface area contributed by atoms with Crippen molar-refractivity contribution in [1.29, 1.82) is 0 Å². The molecule has 0 bridgehead atoms. The van der Waals surface area contributed by atoms with Gasteiger partial charge in [0.15, 0.2) is 5.82 Å². The molecule has 1 N–H and O–H groups in total. The lowest BCUT2D eigenvalue weighted by Gasteiger charge is -2.11. The van der Waals surface area contributed by atoms with E-state index in [1.165, 1.54) is 10.7 Å². The second-order valence-electron chi connectivity index (χ2n) is 7.01. The van der Waals surface area contributed by atoms with Gasteiger partial charge in [-0.3, -0.25) is 4.79 Å². The normalized spacial score (nSPS) is 11.4. The second kappa shape index (κ2) is 10.6. The molecule has 0 unspecified atom stereocenters. The Bertz CT molecular complexity index is 1100. The van der Waals surface area contributed by atoms with Crippen LogP contribution in [0.1, 0.15) is 30.0 Å². The molecular formula is C22H21ClF3N3O4. The van der Waals surface area contributed by atoms with Gasteiger partial charge in [-0.1, -0.05) is 11.6 Å². The number of carboxylic acids is 1. The molecule has 1 aromatic carbocycles. The molecule has 0 spiro atoms. The summed E-state index contributed by atoms with van der Waals surface area (Å²) in [5.41, 5.74) is 0.375. The van der Waals surface area contributed by atoms with E-state index >= 15 is 0 Å². The predicted octanol–water partition coefficient (Wildman–Crippen LogP) is 4.98. The van der Waals surface area contributed by atoms with Crippen LogP contribution in [-0.2, 0) is 23.8 Å². The minimum atomic E-state index is -4.47. The third-order valence-electron chi connectivity index (χ3n) is 4.55. The van der Waals surface area contributed by atoms with Crippen LogP contribution in [0, 0.1) is 0 Å². The monoisotopic (exact) mass is 483 g/mol. The number of hydrogen-bond acceptors (Lipinski definition) is 5. The molecule has 33 heavy (non-hydrogen) atoms. The molecule has 3 rings (SSSR count). The number of carbonyl (C=O) groups is 1. The Labute approximate surface area is 192 Å². The second-order valence-corrected chi connectivity index (χ2v) is 7.45. The average molecular weight is 484 g/mol. The van der Waals surface area contributed by atoms with E-state index in [9.17, 15) is 18.0 Å². The quantitative estimate of drug-likeness (QED) is 0.409. The van der Waals surface area contributed by atoms with E-state index in [0.717, 1.165) is 17.8 Å². The largest absolute Gasteiger partial charge is 0.493 e. The molecule has 0 amide bonds. The first-order chi connectivity index (χ1) is 15.7. The van der Waals surface area contributed by atoms with E-state index in [-0.39, 0.29) is 12.2 Å². The van der Waals surface area contributed by atoms with Crippen molar-refractivity contribution in [3.63, 3.8) is 0 Å². The van der Waals surface area contributed by atoms with Crippen molar-refractivity contribution in [3.8, 4) is 17.4 Å². The Morgan fingerprint density at radius 3 is 2.61 bits per heavy atom. The molecule has 0 aliphatic heterocycles. The van der Waals surface area contributed by atoms with Crippen molar-refractivity contribution >= 4 is 17.6 Å². The van der Waals surface area contributed by atoms with Gasteiger partial charge in [0.2, 0.25) is 5.88 Å². The summed E-state index contributed by atoms with van der Waals surface area (Å²) in [7, 11) is 0. The highest BCUT2D eigenvalue weighted by Crippen LogP contribution is 2.29. The Hall–Kier alpha value is -3.27. The number of ether oxygens (including phenoxy) is 2. The van der Waals surface area contributed by atoms with Gasteiger partial charge < -0.3 is 14.6 Å². The highest BCUT2D eigenvalue weighted by atomic mass is 35.5. The van der Waals surface area contributed by atoms with Gasteiger partial charge in [-0.2, -0.15) is 13.2 Å². The molecule has 0 fully saturated rings. The SMILES string of the molecule is CCOc1nn(-c2ccc(C(F)(F)F)cn2)cc1CCCOc1ccc(Cl)cc1CC(=O)O. The molecular weight excluding hydrogens is 463 g/mol. The van der Waals surface area contributed by atoms with Gasteiger partial charge in [-0.25, -0.2) is 9.67 Å². The molecule has 0 saturated carbocycles. The maximum Gasteiger partial charge on any atom is 0.417 e. The lowest BCUT2D eigenvalue weighted by Crippen LogP contribution is -2.07. The number of aliphatic carboxylic acids is 1. The number of carboxylic acid groups (broad SMARTS) is 1. The molecule has 0 saturated heterocycles. The lowest BCUT2D eigenvalue weighted by atomic mass is 10.1. The summed E-state index contributed by atoms with van der Waals surface area (Å²) in [6, 6.07) is 6.98. The van der Waals surface area contributed by atoms with Crippen molar-refractivity contribution in [2.75, 3.05) is 13.2 Å². The Morgan fingerprint density at radius 2 is 1.97 bits per heavy atom. The van der Waals surface area contributed by atoms with Crippen LogP contribution in [0.2, 0.25) is 5.02 Å². The van der Waals surface area contributed by atoms with E-state index in [0.29, 0.717) is 48.3 Å². The summed E-state index contributed by atoms with van der Waals surface area (Å²) < 4.78 is 50.9. The summed E-state index contributed by atoms with van der Waals surface area (Å²) in [5, 5.41) is 13.8. The van der Waals surface area contributed by atoms with Crippen LogP contribution in [-0.4, -0.2) is 39.1 Å². The molecule has 7 nitrogen and oxygen atoms in total. The Balaban J connectivity index is 1.67. The van der Waals surface area contributed by atoms with E-state index in [1.807, 2.05) is 0 Å². The van der Waals surface area contributed by atoms with Crippen LogP contribution >= 0.6 is 11.6 Å². The number of aromatic nitrogens is 3. The summed E-state index contributed by atoms with van der Waals surface area (Å²) in [5.74, 6) is 0.0347. The Morgan fingerprint density at radius 1 is 1.18 bits per heavy atom. The molecule has 2 aromatic heterocycles. The molecule has 3 aromatic rings. The number of alkyl halides is 3. The van der Waals surface area contributed by atoms with Gasteiger partial charge >= 0.3 is 12.1 Å². The summed E-state index contributed by atoms with van der Waals surface area (Å²) in [4.78, 5) is 14.9. The van der Waals surface area contributed by atoms with Gasteiger partial charge in [-0.05, 0) is 50.1 Å². The smallest absolute Gasteiger partial charge is 0.417 e. The van der Waals surface area contributed by atoms with Crippen LogP contribution in [0.15, 0.2) is 42.7 Å². The van der Waals surface area contributed by atoms with Gasteiger partial charge in [-0.15, -0.1) is 5.10 Å². The first-order valence-electron chi connectivity index (χ1n) is 10.1. The highest BCUT2D eigenvalue weighted by Gasteiger charge is 2.30. The van der Waals surface area contributed by atoms with Gasteiger partial charge in [0.05, 0.1) is 25.2 Å². The van der Waals surface area contributed by atoms with Crippen LogP contribution in [0.3, 0.4) is 0 Å². The fraction of sp³-hybridized carbons (Fsp3) is 0.318. The summed E-state index contributed by atoms with van der Waals surface area (Å²) in [6.07, 6.45) is -1.20. The number of benzene rings is 1. The van der Waals surface area contributed by atoms with Crippen LogP contribution in [0.25, 0.3) is 5.82 Å². The molecule has 0 atom stereocenters. The zero-order chi connectivity index (χ0) is 24.0. The first-order valence-corrected chi connectivity index (χ1v) is 10.4. The highest BCUT2D eigenvalue weighted by molar-refractivity contribution is 6.30. The van der Waals surface area contributed by atoms with Gasteiger partial charge in [0.25, 0.3) is 0 Å². The van der Waals surface area contributed by atoms with E-state index in [2.05, 4.69) is 10.1 Å². The van der Waals surface area contributed by atoms with Crippen LogP contribution in [0.4, 0.5) is 13.2 Å². The van der Waals surface area contributed by atoms with E-state index in [4.69, 9.17) is 26.2 Å². The number of nitrogens with zero attached hydrogens (tertiary/aromatic N) is 3. The summed E-state index contributed by atoms with van der Waals surface area (Å²) >= 11 is 5.94. The number of halogens is 4. The fourth-order valence-corrected chi connectivity index (χ4v) is 3.26. The third-order valence-corrected chi connectivity index (χ3v) is 4.79. The topological polar surface area (TPSA) is 86.5 Å². The zero-order valence-electron chi connectivity index (χ0n) is 17.6. The maximum atomic E-state index is 12.8. The lowest BCUT2D eigenvalue weighted by molar-refractivity contribution is -0.138. The predicted molar refractivity (Wildman–Crippen MR) is 114 cm³/mol. The average Bonchev–Trinajstić information content (AvgIpc) is 3.14. The van der Waals surface area contributed by atoms with Crippen molar-refractivity contribution in [2.45, 2.75) is 32.4 Å². The molecule has 0 aliphatic carbocycles. The first kappa shape index (κ1) is 24.4. The molecule has 0 radical (unpaired) electrons. The zero-order valence-corrected chi connectivity index (χ0v) is 18.4. The van der Waals surface area contributed by atoms with Crippen LogP contribution in [0.5, 0.6) is 11.6 Å².